The van der Waals surface area contributed by atoms with E-state index in [0.717, 1.165) is 21.5 Å². The lowest BCUT2D eigenvalue weighted by molar-refractivity contribution is 0.133. The van der Waals surface area contributed by atoms with Gasteiger partial charge in [-0.15, -0.1) is 0 Å². The highest BCUT2D eigenvalue weighted by molar-refractivity contribution is 6.41. The zero-order valence-corrected chi connectivity index (χ0v) is 23.4. The summed E-state index contributed by atoms with van der Waals surface area (Å²) in [4.78, 5) is 0. The van der Waals surface area contributed by atoms with Crippen molar-refractivity contribution >= 4 is 54.7 Å². The van der Waals surface area contributed by atoms with E-state index < -0.39 is 0 Å². The van der Waals surface area contributed by atoms with Gasteiger partial charge in [-0.25, -0.2) is 0 Å². The van der Waals surface area contributed by atoms with E-state index in [1.807, 2.05) is 0 Å². The molecule has 0 heterocycles. The van der Waals surface area contributed by atoms with Crippen LogP contribution in [0.15, 0.2) is 109 Å². The van der Waals surface area contributed by atoms with E-state index in [0.29, 0.717) is 0 Å². The molecule has 0 atom stereocenters. The van der Waals surface area contributed by atoms with Crippen molar-refractivity contribution in [1.82, 2.24) is 0 Å². The summed E-state index contributed by atoms with van der Waals surface area (Å²) in [6.07, 6.45) is 0. The van der Waals surface area contributed by atoms with E-state index >= 15 is 0 Å². The fourth-order valence-electron chi connectivity index (χ4n) is 6.58. The number of halogens is 1. The van der Waals surface area contributed by atoms with E-state index in [1.165, 1.54) is 65.7 Å². The van der Waals surface area contributed by atoms with Crippen molar-refractivity contribution in [2.24, 2.45) is 0 Å². The van der Waals surface area contributed by atoms with Gasteiger partial charge in [0.2, 0.25) is 0 Å². The molecule has 7 aromatic rings. The normalized spacial score (nSPS) is 12.5. The van der Waals surface area contributed by atoms with Crippen LogP contribution in [-0.2, 0) is 0 Å². The van der Waals surface area contributed by atoms with Gasteiger partial charge in [-0.1, -0.05) is 84.4 Å². The summed E-state index contributed by atoms with van der Waals surface area (Å²) in [6.45, 7) is 6.29. The Balaban J connectivity index is 1.55. The van der Waals surface area contributed by atoms with Crippen LogP contribution in [0.3, 0.4) is 0 Å². The summed E-state index contributed by atoms with van der Waals surface area (Å²) < 4.78 is 6.42. The first-order valence-electron chi connectivity index (χ1n) is 13.8. The fraction of sp³-hybridized carbons (Fsp3) is 0.105. The van der Waals surface area contributed by atoms with Crippen molar-refractivity contribution in [2.75, 3.05) is 0 Å². The average Bonchev–Trinajstić information content (AvgIpc) is 3.25. The maximum Gasteiger partial charge on any atom is 0.127 e. The van der Waals surface area contributed by atoms with Crippen molar-refractivity contribution in [1.29, 1.82) is 0 Å². The van der Waals surface area contributed by atoms with Crippen molar-refractivity contribution in [3.8, 4) is 39.1 Å². The van der Waals surface area contributed by atoms with Crippen LogP contribution in [0.25, 0.3) is 76.5 Å². The number of rotatable bonds is 2. The van der Waals surface area contributed by atoms with Crippen molar-refractivity contribution in [3.63, 3.8) is 0 Å². The maximum atomic E-state index is 6.94. The van der Waals surface area contributed by atoms with Crippen LogP contribution in [0.5, 0.6) is 5.75 Å². The summed E-state index contributed by atoms with van der Waals surface area (Å²) in [5.74, 6) is 0.914. The quantitative estimate of drug-likeness (QED) is 0.158. The highest BCUT2D eigenvalue weighted by atomic mass is 35.5. The van der Waals surface area contributed by atoms with Gasteiger partial charge in [0, 0.05) is 15.8 Å². The SMILES string of the molecule is CC(C)(C)Oc1cccc2cc3c(-c4ccccc4)c4c(cc3cc12)-c1cc2ccccc2c2c(Cl)ccc-4c12. The number of fused-ring (bicyclic) bond motifs is 7. The van der Waals surface area contributed by atoms with Crippen LogP contribution in [0.1, 0.15) is 20.8 Å². The number of benzene rings is 7. The Hall–Kier alpha value is -4.33. The average molecular weight is 535 g/mol. The molecular formula is C38H27ClO. The molecule has 0 unspecified atom stereocenters. The molecule has 0 N–H and O–H groups in total. The number of hydrogen-bond donors (Lipinski definition) is 0. The summed E-state index contributed by atoms with van der Waals surface area (Å²) in [5, 5.41) is 10.3. The summed E-state index contributed by atoms with van der Waals surface area (Å²) in [7, 11) is 0. The van der Waals surface area contributed by atoms with Gasteiger partial charge < -0.3 is 4.74 Å². The molecular weight excluding hydrogens is 508 g/mol. The van der Waals surface area contributed by atoms with Crippen molar-refractivity contribution in [3.05, 3.63) is 114 Å². The topological polar surface area (TPSA) is 9.23 Å². The monoisotopic (exact) mass is 534 g/mol. The van der Waals surface area contributed by atoms with E-state index in [1.54, 1.807) is 0 Å². The van der Waals surface area contributed by atoms with Gasteiger partial charge in [-0.3, -0.25) is 0 Å². The maximum absolute atomic E-state index is 6.94. The predicted octanol–water partition coefficient (Wildman–Crippen LogP) is 11.4. The van der Waals surface area contributed by atoms with E-state index in [2.05, 4.69) is 130 Å². The first kappa shape index (κ1) is 23.5. The molecule has 0 spiro atoms. The predicted molar refractivity (Wildman–Crippen MR) is 172 cm³/mol. The summed E-state index contributed by atoms with van der Waals surface area (Å²) >= 11 is 6.94. The standard InChI is InChI=1S/C38H27ClO/c1-38(2,3)40-33-15-9-13-24-18-29-25(20-28(24)33)21-31-30-19-23-12-7-8-14-26(23)37-32(39)17-16-27(36(30)37)35(31)34(29)22-10-5-4-6-11-22/h4-21H,1-3H3. The zero-order valence-electron chi connectivity index (χ0n) is 22.7. The molecule has 0 aliphatic heterocycles. The molecule has 0 saturated heterocycles. The molecule has 0 aromatic heterocycles. The van der Waals surface area contributed by atoms with Crippen molar-refractivity contribution in [2.45, 2.75) is 26.4 Å². The Kier molecular flexibility index (Phi) is 4.91. The first-order valence-corrected chi connectivity index (χ1v) is 14.2. The molecule has 40 heavy (non-hydrogen) atoms. The Bertz CT molecular complexity index is 2170. The van der Waals surface area contributed by atoms with Gasteiger partial charge in [0.1, 0.15) is 11.4 Å². The minimum atomic E-state index is -0.284. The minimum absolute atomic E-state index is 0.284. The lowest BCUT2D eigenvalue weighted by atomic mass is 9.87. The summed E-state index contributed by atoms with van der Waals surface area (Å²) in [5.41, 5.74) is 7.24. The third kappa shape index (κ3) is 3.41. The van der Waals surface area contributed by atoms with E-state index in [4.69, 9.17) is 16.3 Å². The highest BCUT2D eigenvalue weighted by Crippen LogP contribution is 2.56. The molecule has 0 fully saturated rings. The molecule has 7 aromatic carbocycles. The molecule has 0 saturated carbocycles. The molecule has 1 aliphatic carbocycles. The highest BCUT2D eigenvalue weighted by Gasteiger charge is 2.28. The zero-order chi connectivity index (χ0) is 27.2. The van der Waals surface area contributed by atoms with E-state index in [-0.39, 0.29) is 5.60 Å². The van der Waals surface area contributed by atoms with Crippen LogP contribution >= 0.6 is 11.6 Å². The van der Waals surface area contributed by atoms with Gasteiger partial charge in [0.05, 0.1) is 0 Å². The lowest BCUT2D eigenvalue weighted by Crippen LogP contribution is -2.23. The molecule has 1 aliphatic rings. The second-order valence-electron chi connectivity index (χ2n) is 11.8. The number of ether oxygens (including phenoxy) is 1. The summed E-state index contributed by atoms with van der Waals surface area (Å²) in [6, 6.07) is 39.4. The number of hydrogen-bond acceptors (Lipinski definition) is 1. The first-order chi connectivity index (χ1) is 19.4. The largest absolute Gasteiger partial charge is 0.488 e. The van der Waals surface area contributed by atoms with Crippen LogP contribution in [0, 0.1) is 0 Å². The molecule has 0 amide bonds. The lowest BCUT2D eigenvalue weighted by Gasteiger charge is -2.23. The van der Waals surface area contributed by atoms with Crippen LogP contribution in [-0.4, -0.2) is 5.60 Å². The fourth-order valence-corrected chi connectivity index (χ4v) is 6.84. The molecule has 0 radical (unpaired) electrons. The smallest absolute Gasteiger partial charge is 0.127 e. The Labute approximate surface area is 238 Å². The van der Waals surface area contributed by atoms with Crippen LogP contribution in [0.2, 0.25) is 5.02 Å². The third-order valence-electron chi connectivity index (χ3n) is 8.09. The van der Waals surface area contributed by atoms with Gasteiger partial charge in [0.15, 0.2) is 0 Å². The Morgan fingerprint density at radius 2 is 1.23 bits per heavy atom. The van der Waals surface area contributed by atoms with Gasteiger partial charge in [-0.05, 0) is 123 Å². The van der Waals surface area contributed by atoms with E-state index in [9.17, 15) is 0 Å². The van der Waals surface area contributed by atoms with Gasteiger partial charge in [0.25, 0.3) is 0 Å². The van der Waals surface area contributed by atoms with Crippen LogP contribution < -0.4 is 4.74 Å². The molecule has 192 valence electrons. The third-order valence-corrected chi connectivity index (χ3v) is 8.41. The molecule has 0 bridgehead atoms. The second kappa shape index (κ2) is 8.34. The molecule has 2 heteroatoms. The Morgan fingerprint density at radius 3 is 2.05 bits per heavy atom. The molecule has 1 nitrogen and oxygen atoms in total. The van der Waals surface area contributed by atoms with Gasteiger partial charge in [-0.2, -0.15) is 0 Å². The minimum Gasteiger partial charge on any atom is -0.488 e. The second-order valence-corrected chi connectivity index (χ2v) is 12.2. The molecule has 8 rings (SSSR count). The van der Waals surface area contributed by atoms with Crippen molar-refractivity contribution < 1.29 is 4.74 Å². The van der Waals surface area contributed by atoms with Crippen LogP contribution in [0.4, 0.5) is 0 Å². The Morgan fingerprint density at radius 1 is 0.525 bits per heavy atom. The van der Waals surface area contributed by atoms with Gasteiger partial charge >= 0.3 is 0 Å².